The van der Waals surface area contributed by atoms with Crippen molar-refractivity contribution < 1.29 is 4.74 Å². The Bertz CT molecular complexity index is 604. The van der Waals surface area contributed by atoms with Crippen LogP contribution in [0.4, 0.5) is 0 Å². The molecule has 0 radical (unpaired) electrons. The van der Waals surface area contributed by atoms with Gasteiger partial charge in [0.2, 0.25) is 0 Å². The van der Waals surface area contributed by atoms with Crippen molar-refractivity contribution in [2.24, 2.45) is 7.05 Å². The van der Waals surface area contributed by atoms with Crippen LogP contribution >= 0.6 is 0 Å². The zero-order valence-electron chi connectivity index (χ0n) is 13.6. The Morgan fingerprint density at radius 2 is 1.95 bits per heavy atom. The molecule has 0 saturated heterocycles. The van der Waals surface area contributed by atoms with Gasteiger partial charge in [0.15, 0.2) is 0 Å². The van der Waals surface area contributed by atoms with Gasteiger partial charge in [-0.2, -0.15) is 5.10 Å². The number of benzene rings is 1. The summed E-state index contributed by atoms with van der Waals surface area (Å²) in [6.45, 7) is 4.21. The van der Waals surface area contributed by atoms with Crippen LogP contribution in [0.1, 0.15) is 22.5 Å². The summed E-state index contributed by atoms with van der Waals surface area (Å²) in [6.07, 6.45) is 1.91. The zero-order chi connectivity index (χ0) is 15.4. The molecule has 1 N–H and O–H groups in total. The maximum absolute atomic E-state index is 5.45. The number of nitrogens with one attached hydrogen (secondary N) is 1. The molecule has 0 aliphatic carbocycles. The van der Waals surface area contributed by atoms with E-state index in [0.29, 0.717) is 6.04 Å². The van der Waals surface area contributed by atoms with Crippen LogP contribution in [0.3, 0.4) is 0 Å². The number of rotatable bonds is 6. The van der Waals surface area contributed by atoms with E-state index in [1.54, 1.807) is 7.11 Å². The SMILES string of the molecule is CNC(Cc1ccccc1OC)Cc1c(C)nn(C)c1C. The molecular weight excluding hydrogens is 262 g/mol. The van der Waals surface area contributed by atoms with Crippen molar-refractivity contribution >= 4 is 0 Å². The predicted octanol–water partition coefficient (Wildman–Crippen LogP) is 2.42. The molecule has 2 rings (SSSR count). The van der Waals surface area contributed by atoms with Crippen LogP contribution in [-0.2, 0) is 19.9 Å². The molecule has 4 heteroatoms. The van der Waals surface area contributed by atoms with Gasteiger partial charge in [-0.3, -0.25) is 4.68 Å². The Labute approximate surface area is 127 Å². The van der Waals surface area contributed by atoms with Gasteiger partial charge >= 0.3 is 0 Å². The predicted molar refractivity (Wildman–Crippen MR) is 85.9 cm³/mol. The van der Waals surface area contributed by atoms with Gasteiger partial charge < -0.3 is 10.1 Å². The quantitative estimate of drug-likeness (QED) is 0.887. The molecule has 1 aromatic carbocycles. The van der Waals surface area contributed by atoms with Gasteiger partial charge in [-0.15, -0.1) is 0 Å². The van der Waals surface area contributed by atoms with Crippen LogP contribution in [0.25, 0.3) is 0 Å². The first-order valence-corrected chi connectivity index (χ1v) is 7.35. The molecule has 0 bridgehead atoms. The summed E-state index contributed by atoms with van der Waals surface area (Å²) in [5.41, 5.74) is 4.94. The van der Waals surface area contributed by atoms with Gasteiger partial charge in [-0.05, 0) is 50.9 Å². The van der Waals surface area contributed by atoms with Gasteiger partial charge in [0.25, 0.3) is 0 Å². The molecule has 0 fully saturated rings. The highest BCUT2D eigenvalue weighted by Crippen LogP contribution is 2.21. The maximum Gasteiger partial charge on any atom is 0.122 e. The van der Waals surface area contributed by atoms with Crippen LogP contribution in [0.2, 0.25) is 0 Å². The van der Waals surface area contributed by atoms with Crippen LogP contribution in [0, 0.1) is 13.8 Å². The molecule has 0 saturated carbocycles. The third kappa shape index (κ3) is 3.45. The van der Waals surface area contributed by atoms with E-state index in [0.717, 1.165) is 24.3 Å². The monoisotopic (exact) mass is 287 g/mol. The van der Waals surface area contributed by atoms with E-state index < -0.39 is 0 Å². The van der Waals surface area contributed by atoms with E-state index in [2.05, 4.69) is 36.4 Å². The topological polar surface area (TPSA) is 39.1 Å². The molecule has 0 aliphatic rings. The smallest absolute Gasteiger partial charge is 0.122 e. The maximum atomic E-state index is 5.45. The van der Waals surface area contributed by atoms with Crippen LogP contribution in [0.5, 0.6) is 5.75 Å². The van der Waals surface area contributed by atoms with Gasteiger partial charge in [0.05, 0.1) is 12.8 Å². The second kappa shape index (κ2) is 6.76. The number of aryl methyl sites for hydroxylation is 2. The highest BCUT2D eigenvalue weighted by Gasteiger charge is 2.16. The normalized spacial score (nSPS) is 12.4. The molecule has 2 aromatic rings. The van der Waals surface area contributed by atoms with E-state index in [4.69, 9.17) is 4.74 Å². The van der Waals surface area contributed by atoms with Gasteiger partial charge in [0.1, 0.15) is 5.75 Å². The Morgan fingerprint density at radius 3 is 2.52 bits per heavy atom. The van der Waals surface area contributed by atoms with Crippen molar-refractivity contribution in [2.45, 2.75) is 32.7 Å². The lowest BCUT2D eigenvalue weighted by Crippen LogP contribution is -2.30. The summed E-state index contributed by atoms with van der Waals surface area (Å²) in [5, 5.41) is 7.92. The first-order valence-electron chi connectivity index (χ1n) is 7.35. The fourth-order valence-electron chi connectivity index (χ4n) is 2.77. The lowest BCUT2D eigenvalue weighted by atomic mass is 9.97. The second-order valence-corrected chi connectivity index (χ2v) is 5.48. The molecule has 0 spiro atoms. The summed E-state index contributed by atoms with van der Waals surface area (Å²) < 4.78 is 7.41. The number of nitrogens with zero attached hydrogens (tertiary/aromatic N) is 2. The molecular formula is C17H25N3O. The third-order valence-corrected chi connectivity index (χ3v) is 4.18. The molecule has 1 heterocycles. The Hall–Kier alpha value is -1.81. The van der Waals surface area contributed by atoms with Crippen molar-refractivity contribution in [3.05, 3.63) is 46.8 Å². The summed E-state index contributed by atoms with van der Waals surface area (Å²) in [6, 6.07) is 8.58. The lowest BCUT2D eigenvalue weighted by molar-refractivity contribution is 0.406. The number of para-hydroxylation sites is 1. The molecule has 114 valence electrons. The Balaban J connectivity index is 2.17. The van der Waals surface area contributed by atoms with E-state index in [-0.39, 0.29) is 0 Å². The summed E-state index contributed by atoms with van der Waals surface area (Å²) in [7, 11) is 5.74. The minimum absolute atomic E-state index is 0.364. The van der Waals surface area contributed by atoms with Gasteiger partial charge in [-0.1, -0.05) is 18.2 Å². The number of aromatic nitrogens is 2. The minimum atomic E-state index is 0.364. The molecule has 4 nitrogen and oxygen atoms in total. The number of hydrogen-bond acceptors (Lipinski definition) is 3. The van der Waals surface area contributed by atoms with Crippen molar-refractivity contribution in [1.82, 2.24) is 15.1 Å². The molecule has 0 amide bonds. The Kier molecular flexibility index (Phi) is 5.02. The van der Waals surface area contributed by atoms with Gasteiger partial charge in [-0.25, -0.2) is 0 Å². The van der Waals surface area contributed by atoms with E-state index in [1.807, 2.05) is 30.9 Å². The van der Waals surface area contributed by atoms with Crippen molar-refractivity contribution in [2.75, 3.05) is 14.2 Å². The third-order valence-electron chi connectivity index (χ3n) is 4.18. The molecule has 21 heavy (non-hydrogen) atoms. The minimum Gasteiger partial charge on any atom is -0.496 e. The molecule has 1 unspecified atom stereocenters. The van der Waals surface area contributed by atoms with Crippen molar-refractivity contribution in [3.8, 4) is 5.75 Å². The van der Waals surface area contributed by atoms with Crippen LogP contribution in [-0.4, -0.2) is 30.0 Å². The van der Waals surface area contributed by atoms with Crippen LogP contribution in [0.15, 0.2) is 24.3 Å². The van der Waals surface area contributed by atoms with Gasteiger partial charge in [0, 0.05) is 18.8 Å². The number of likely N-dealkylation sites (N-methyl/N-ethyl adjacent to an activating group) is 1. The number of ether oxygens (including phenoxy) is 1. The van der Waals surface area contributed by atoms with E-state index >= 15 is 0 Å². The van der Waals surface area contributed by atoms with E-state index in [1.165, 1.54) is 16.8 Å². The average Bonchev–Trinajstić information content (AvgIpc) is 2.73. The zero-order valence-corrected chi connectivity index (χ0v) is 13.6. The average molecular weight is 287 g/mol. The highest BCUT2D eigenvalue weighted by atomic mass is 16.5. The standard InChI is InChI=1S/C17H25N3O/c1-12-16(13(2)20(4)19-12)11-15(18-3)10-14-8-6-7-9-17(14)21-5/h6-9,15,18H,10-11H2,1-5H3. The van der Waals surface area contributed by atoms with E-state index in [9.17, 15) is 0 Å². The Morgan fingerprint density at radius 1 is 1.24 bits per heavy atom. The lowest BCUT2D eigenvalue weighted by Gasteiger charge is -2.18. The van der Waals surface area contributed by atoms with Crippen molar-refractivity contribution in [1.29, 1.82) is 0 Å². The summed E-state index contributed by atoms with van der Waals surface area (Å²) >= 11 is 0. The first kappa shape index (κ1) is 15.6. The number of methoxy groups -OCH3 is 1. The van der Waals surface area contributed by atoms with Crippen LogP contribution < -0.4 is 10.1 Å². The molecule has 1 aromatic heterocycles. The summed E-state index contributed by atoms with van der Waals surface area (Å²) in [4.78, 5) is 0. The molecule has 1 atom stereocenters. The highest BCUT2D eigenvalue weighted by molar-refractivity contribution is 5.34. The van der Waals surface area contributed by atoms with Crippen molar-refractivity contribution in [3.63, 3.8) is 0 Å². The first-order chi connectivity index (χ1) is 10.1. The summed E-state index contributed by atoms with van der Waals surface area (Å²) in [5.74, 6) is 0.956. The number of hydrogen-bond donors (Lipinski definition) is 1. The fourth-order valence-corrected chi connectivity index (χ4v) is 2.77. The molecule has 0 aliphatic heterocycles. The second-order valence-electron chi connectivity index (χ2n) is 5.48. The fraction of sp³-hybridized carbons (Fsp3) is 0.471. The largest absolute Gasteiger partial charge is 0.496 e.